The first-order valence-electron chi connectivity index (χ1n) is 32.4. The fraction of sp³-hybridized carbons (Fsp3) is 0.538. The third kappa shape index (κ3) is 30.6. The van der Waals surface area contributed by atoms with Crippen LogP contribution in [0.5, 0.6) is 0 Å². The van der Waals surface area contributed by atoms with Gasteiger partial charge in [-0.1, -0.05) is 213 Å². The van der Waals surface area contributed by atoms with Crippen LogP contribution in [0.3, 0.4) is 0 Å². The van der Waals surface area contributed by atoms with E-state index < -0.39 is 0 Å². The van der Waals surface area contributed by atoms with Crippen molar-refractivity contribution in [3.8, 4) is 0 Å². The number of nitrogens with zero attached hydrogens (tertiary/aromatic N) is 5. The monoisotopic (exact) mass is 1130 g/mol. The van der Waals surface area contributed by atoms with Crippen molar-refractivity contribution in [1.82, 2.24) is 4.57 Å². The van der Waals surface area contributed by atoms with E-state index in [9.17, 15) is 0 Å². The third-order valence-electron chi connectivity index (χ3n) is 12.4. The molecule has 5 nitrogen and oxygen atoms in total. The average Bonchev–Trinajstić information content (AvgIpc) is 4.08. The molecule has 1 aromatic heterocycles. The van der Waals surface area contributed by atoms with Crippen LogP contribution in [-0.4, -0.2) is 48.4 Å². The highest BCUT2D eigenvalue weighted by Gasteiger charge is 2.21. The fourth-order valence-electron chi connectivity index (χ4n) is 9.08. The Labute approximate surface area is 513 Å². The molecule has 0 saturated carbocycles. The van der Waals surface area contributed by atoms with E-state index in [2.05, 4.69) is 355 Å². The Hall–Kier alpha value is -5.68. The predicted molar refractivity (Wildman–Crippen MR) is 380 cm³/mol. The van der Waals surface area contributed by atoms with Crippen LogP contribution in [0, 0.1) is 29.6 Å². The SMILES string of the molecule is CC(C)C.CC(C)C.CC(C)C.CC(C)C.CC(C)C.CC(C)N1C=CCc2ccccc21.CC(C)N1CC=Cc2ccccc21.CC(C)N1CCCc2ccccc21.CC(C)N1CCc2ccccc21.CC(C)n1ccc2ccccc21. The molecule has 5 heterocycles. The maximum atomic E-state index is 2.50. The topological polar surface area (TPSA) is 17.9 Å². The fourth-order valence-corrected chi connectivity index (χ4v) is 9.08. The summed E-state index contributed by atoms with van der Waals surface area (Å²) in [4.78, 5) is 9.70. The summed E-state index contributed by atoms with van der Waals surface area (Å²) >= 11 is 0. The standard InChI is InChI=1S/C12H17N.2C12H15N.C11H15N.C11H13N.5C4H10/c3*1-10(2)13-9-5-7-11-6-3-4-8-12(11)13;2*1-9(2)12-8-7-10-5-3-4-6-11(10)12;5*1-4(2)3/h3-4,6,8,10H,5,7,9H2,1-2H3;3-6,8-10H,7H2,1-2H3;3-8,10H,9H2,1-2H3;3-6,9H,7-8H2,1-2H3;3-9H,1-2H3;5*4H,1-3H3. The molecule has 5 aromatic carbocycles. The zero-order chi connectivity index (χ0) is 62.8. The number of para-hydroxylation sites is 5. The van der Waals surface area contributed by atoms with E-state index in [4.69, 9.17) is 0 Å². The quantitative estimate of drug-likeness (QED) is 0.171. The Balaban J connectivity index is 0.000000480. The van der Waals surface area contributed by atoms with Gasteiger partial charge in [-0.15, -0.1) is 0 Å². The largest absolute Gasteiger partial charge is 0.369 e. The van der Waals surface area contributed by atoms with Crippen LogP contribution < -0.4 is 19.6 Å². The Bertz CT molecular complexity index is 2590. The second kappa shape index (κ2) is 41.4. The van der Waals surface area contributed by atoms with Crippen LogP contribution in [-0.2, 0) is 19.3 Å². The van der Waals surface area contributed by atoms with E-state index in [-0.39, 0.29) is 0 Å². The molecule has 5 heteroatoms. The van der Waals surface area contributed by atoms with Crippen LogP contribution in [0.15, 0.2) is 152 Å². The van der Waals surface area contributed by atoms with Crippen molar-refractivity contribution < 1.29 is 0 Å². The highest BCUT2D eigenvalue weighted by atomic mass is 15.2. The van der Waals surface area contributed by atoms with Crippen LogP contribution in [0.4, 0.5) is 22.7 Å². The van der Waals surface area contributed by atoms with Crippen LogP contribution in [0.1, 0.15) is 208 Å². The zero-order valence-corrected chi connectivity index (χ0v) is 58.0. The number of hydrogen-bond donors (Lipinski definition) is 0. The van der Waals surface area contributed by atoms with Crippen molar-refractivity contribution in [1.29, 1.82) is 0 Å². The normalized spacial score (nSPS) is 13.2. The molecular formula is C78H125N5. The Morgan fingerprint density at radius 1 is 0.337 bits per heavy atom. The molecule has 0 N–H and O–H groups in total. The lowest BCUT2D eigenvalue weighted by molar-refractivity contribution is 0.623. The predicted octanol–water partition coefficient (Wildman–Crippen LogP) is 22.7. The summed E-state index contributed by atoms with van der Waals surface area (Å²) in [7, 11) is 0. The summed E-state index contributed by atoms with van der Waals surface area (Å²) in [6.07, 6.45) is 15.8. The lowest BCUT2D eigenvalue weighted by Crippen LogP contribution is -2.35. The molecule has 10 rings (SSSR count). The summed E-state index contributed by atoms with van der Waals surface area (Å²) in [6.45, 7) is 58.3. The van der Waals surface area contributed by atoms with Gasteiger partial charge < -0.3 is 24.2 Å². The van der Waals surface area contributed by atoms with Gasteiger partial charge in [0.05, 0.1) is 0 Å². The summed E-state index contributed by atoms with van der Waals surface area (Å²) in [5.74, 6) is 4.17. The molecule has 0 bridgehead atoms. The van der Waals surface area contributed by atoms with E-state index in [0.717, 1.165) is 42.6 Å². The summed E-state index contributed by atoms with van der Waals surface area (Å²) in [6, 6.07) is 48.2. The van der Waals surface area contributed by atoms with Gasteiger partial charge in [0.2, 0.25) is 0 Å². The molecular weight excluding hydrogens is 1010 g/mol. The molecule has 0 aliphatic carbocycles. The van der Waals surface area contributed by atoms with Crippen LogP contribution in [0.2, 0.25) is 0 Å². The molecule has 0 spiro atoms. The number of aromatic nitrogens is 1. The number of allylic oxidation sites excluding steroid dienone is 1. The van der Waals surface area contributed by atoms with Gasteiger partial charge in [0, 0.05) is 90.5 Å². The van der Waals surface area contributed by atoms with Gasteiger partial charge >= 0.3 is 0 Å². The van der Waals surface area contributed by atoms with Gasteiger partial charge in [-0.3, -0.25) is 0 Å². The number of hydrogen-bond acceptors (Lipinski definition) is 4. The summed E-state index contributed by atoms with van der Waals surface area (Å²) in [5.41, 5.74) is 12.7. The minimum absolute atomic E-state index is 0.540. The molecule has 0 atom stereocenters. The van der Waals surface area contributed by atoms with Crippen molar-refractivity contribution in [2.75, 3.05) is 39.2 Å². The van der Waals surface area contributed by atoms with E-state index in [0.29, 0.717) is 30.2 Å². The van der Waals surface area contributed by atoms with Crippen molar-refractivity contribution in [2.24, 2.45) is 29.6 Å². The number of aryl methyl sites for hydroxylation is 1. The van der Waals surface area contributed by atoms with Crippen molar-refractivity contribution in [3.63, 3.8) is 0 Å². The van der Waals surface area contributed by atoms with Crippen molar-refractivity contribution in [3.05, 3.63) is 174 Å². The molecule has 0 saturated heterocycles. The van der Waals surface area contributed by atoms with Gasteiger partial charge in [-0.05, 0) is 189 Å². The van der Waals surface area contributed by atoms with E-state index in [1.54, 1.807) is 0 Å². The molecule has 4 aliphatic heterocycles. The maximum absolute atomic E-state index is 2.50. The number of benzene rings is 5. The summed E-state index contributed by atoms with van der Waals surface area (Å²) < 4.78 is 2.29. The minimum Gasteiger partial charge on any atom is -0.369 e. The first kappa shape index (κ1) is 75.3. The van der Waals surface area contributed by atoms with Crippen molar-refractivity contribution >= 4 is 39.7 Å². The van der Waals surface area contributed by atoms with Gasteiger partial charge in [-0.25, -0.2) is 0 Å². The lowest BCUT2D eigenvalue weighted by Gasteiger charge is -2.34. The van der Waals surface area contributed by atoms with Gasteiger partial charge in [0.15, 0.2) is 0 Å². The zero-order valence-electron chi connectivity index (χ0n) is 58.0. The first-order valence-corrected chi connectivity index (χ1v) is 32.4. The van der Waals surface area contributed by atoms with Crippen LogP contribution >= 0.6 is 0 Å². The average molecular weight is 1130 g/mol. The molecule has 6 aromatic rings. The molecule has 462 valence electrons. The third-order valence-corrected chi connectivity index (χ3v) is 12.4. The Morgan fingerprint density at radius 2 is 0.747 bits per heavy atom. The van der Waals surface area contributed by atoms with E-state index in [1.165, 1.54) is 88.3 Å². The smallest absolute Gasteiger partial charge is 0.0482 e. The van der Waals surface area contributed by atoms with Gasteiger partial charge in [0.1, 0.15) is 0 Å². The lowest BCUT2D eigenvalue weighted by atomic mass is 10.0. The van der Waals surface area contributed by atoms with E-state index in [1.807, 2.05) is 0 Å². The number of fused-ring (bicyclic) bond motifs is 5. The summed E-state index contributed by atoms with van der Waals surface area (Å²) in [5, 5.41) is 1.33. The number of anilines is 4. The van der Waals surface area contributed by atoms with Gasteiger partial charge in [0.25, 0.3) is 0 Å². The Kier molecular flexibility index (Phi) is 37.5. The molecule has 0 radical (unpaired) electrons. The highest BCUT2D eigenvalue weighted by molar-refractivity contribution is 5.80. The number of rotatable bonds is 5. The molecule has 0 unspecified atom stereocenters. The molecule has 0 fully saturated rings. The Morgan fingerprint density at radius 3 is 1.23 bits per heavy atom. The highest BCUT2D eigenvalue weighted by Crippen LogP contribution is 2.31. The minimum atomic E-state index is 0.540. The maximum Gasteiger partial charge on any atom is 0.0482 e. The molecule has 0 amide bonds. The molecule has 4 aliphatic rings. The van der Waals surface area contributed by atoms with Crippen LogP contribution in [0.25, 0.3) is 17.0 Å². The molecule has 83 heavy (non-hydrogen) atoms. The van der Waals surface area contributed by atoms with E-state index >= 15 is 0 Å². The first-order chi connectivity index (χ1) is 39.1. The second-order valence-corrected chi connectivity index (χ2v) is 27.1. The van der Waals surface area contributed by atoms with Crippen molar-refractivity contribution in [2.45, 2.75) is 229 Å². The van der Waals surface area contributed by atoms with Gasteiger partial charge in [-0.2, -0.15) is 0 Å². The second-order valence-electron chi connectivity index (χ2n) is 27.1.